The Balaban J connectivity index is 2.98. The van der Waals surface area contributed by atoms with Gasteiger partial charge in [-0.25, -0.2) is 0 Å². The molecule has 0 aliphatic rings. The average molecular weight is 212 g/mol. The van der Waals surface area contributed by atoms with Gasteiger partial charge in [-0.05, 0) is 26.2 Å². The van der Waals surface area contributed by atoms with Crippen molar-refractivity contribution in [3.8, 4) is 0 Å². The van der Waals surface area contributed by atoms with Gasteiger partial charge < -0.3 is 4.43 Å². The molecule has 0 aromatic carbocycles. The summed E-state index contributed by atoms with van der Waals surface area (Å²) in [6.07, 6.45) is 16.4. The second kappa shape index (κ2) is 12.7. The molecule has 0 saturated heterocycles. The minimum atomic E-state index is 0.894. The summed E-state index contributed by atoms with van der Waals surface area (Å²) in [6.45, 7) is 3.02. The van der Waals surface area contributed by atoms with Crippen molar-refractivity contribution in [3.05, 3.63) is 24.3 Å². The van der Waals surface area contributed by atoms with Gasteiger partial charge in [0.15, 0.2) is 0 Å². The molecule has 0 spiro atoms. The normalized spacial score (nSPS) is 12.1. The molecule has 0 atom stereocenters. The van der Waals surface area contributed by atoms with Gasteiger partial charge in [-0.1, -0.05) is 43.6 Å². The highest BCUT2D eigenvalue weighted by Gasteiger charge is 1.88. The molecule has 1 nitrogen and oxygen atoms in total. The van der Waals surface area contributed by atoms with E-state index in [1.54, 1.807) is 0 Å². The first-order chi connectivity index (χ1) is 6.91. The smallest absolute Gasteiger partial charge is 0.145 e. The fraction of sp³-hybridized carbons (Fsp3) is 0.667. The number of allylic oxidation sites excluding steroid dienone is 4. The van der Waals surface area contributed by atoms with Crippen LogP contribution >= 0.6 is 0 Å². The largest absolute Gasteiger partial charge is 0.428 e. The van der Waals surface area contributed by atoms with Crippen molar-refractivity contribution in [2.75, 3.05) is 6.61 Å². The first kappa shape index (κ1) is 13.7. The van der Waals surface area contributed by atoms with Crippen LogP contribution in [0.1, 0.15) is 45.4 Å². The maximum atomic E-state index is 5.13. The molecule has 0 bridgehead atoms. The van der Waals surface area contributed by atoms with E-state index in [1.807, 2.05) is 6.92 Å². The monoisotopic (exact) mass is 212 g/mol. The summed E-state index contributed by atoms with van der Waals surface area (Å²) in [4.78, 5) is 0. The summed E-state index contributed by atoms with van der Waals surface area (Å²) in [5.74, 6) is 0. The van der Waals surface area contributed by atoms with Gasteiger partial charge in [0.2, 0.25) is 0 Å². The van der Waals surface area contributed by atoms with Crippen LogP contribution < -0.4 is 0 Å². The molecular formula is C12H24OSi. The third kappa shape index (κ3) is 11.7. The van der Waals surface area contributed by atoms with Crippen LogP contribution in [0.5, 0.6) is 0 Å². The van der Waals surface area contributed by atoms with E-state index in [9.17, 15) is 0 Å². The van der Waals surface area contributed by atoms with Crippen LogP contribution in [0.3, 0.4) is 0 Å². The van der Waals surface area contributed by atoms with E-state index in [4.69, 9.17) is 4.43 Å². The average Bonchev–Trinajstić information content (AvgIpc) is 2.21. The summed E-state index contributed by atoms with van der Waals surface area (Å²) >= 11 is 0. The number of hydrogen-bond acceptors (Lipinski definition) is 1. The summed E-state index contributed by atoms with van der Waals surface area (Å²) in [5.41, 5.74) is 0. The van der Waals surface area contributed by atoms with Gasteiger partial charge in [0, 0.05) is 6.61 Å². The van der Waals surface area contributed by atoms with Crippen LogP contribution in [-0.4, -0.2) is 17.1 Å². The number of hydrogen-bond donors (Lipinski definition) is 0. The zero-order valence-corrected chi connectivity index (χ0v) is 11.7. The van der Waals surface area contributed by atoms with E-state index >= 15 is 0 Å². The van der Waals surface area contributed by atoms with Crippen LogP contribution in [0.4, 0.5) is 0 Å². The maximum Gasteiger partial charge on any atom is 0.145 e. The first-order valence-corrected chi connectivity index (χ1v) is 6.50. The van der Waals surface area contributed by atoms with E-state index in [-0.39, 0.29) is 0 Å². The van der Waals surface area contributed by atoms with Crippen molar-refractivity contribution in [1.82, 2.24) is 0 Å². The number of unbranched alkanes of at least 4 members (excludes halogenated alkanes) is 5. The van der Waals surface area contributed by atoms with Crippen LogP contribution in [0.15, 0.2) is 24.3 Å². The molecule has 0 radical (unpaired) electrons. The highest BCUT2D eigenvalue weighted by molar-refractivity contribution is 5.97. The lowest BCUT2D eigenvalue weighted by Gasteiger charge is -1.99. The molecule has 14 heavy (non-hydrogen) atoms. The van der Waals surface area contributed by atoms with Crippen molar-refractivity contribution in [3.63, 3.8) is 0 Å². The van der Waals surface area contributed by atoms with E-state index in [0.29, 0.717) is 0 Å². The van der Waals surface area contributed by atoms with Gasteiger partial charge >= 0.3 is 0 Å². The standard InChI is InChI=1S/C12H24OSi/c1-2-3-4-5-6-7-8-9-10-11-12-13-14/h2-5H,6-12H2,1,14H3. The molecular weight excluding hydrogens is 188 g/mol. The Morgan fingerprint density at radius 3 is 2.43 bits per heavy atom. The fourth-order valence-corrected chi connectivity index (χ4v) is 1.61. The maximum absolute atomic E-state index is 5.13. The van der Waals surface area contributed by atoms with Crippen LogP contribution in [-0.2, 0) is 4.43 Å². The molecule has 0 fully saturated rings. The third-order valence-corrected chi connectivity index (χ3v) is 2.57. The topological polar surface area (TPSA) is 9.23 Å². The molecule has 0 heterocycles. The molecule has 0 rings (SSSR count). The molecule has 0 aromatic rings. The molecule has 2 heteroatoms. The molecule has 0 N–H and O–H groups in total. The Hall–Kier alpha value is -0.343. The van der Waals surface area contributed by atoms with Crippen molar-refractivity contribution in [2.24, 2.45) is 0 Å². The van der Waals surface area contributed by atoms with Gasteiger partial charge in [0.1, 0.15) is 10.5 Å². The predicted octanol–water partition coefficient (Wildman–Crippen LogP) is 2.76. The third-order valence-electron chi connectivity index (χ3n) is 2.16. The van der Waals surface area contributed by atoms with Crippen molar-refractivity contribution < 1.29 is 4.43 Å². The van der Waals surface area contributed by atoms with Crippen molar-refractivity contribution in [1.29, 1.82) is 0 Å². The van der Waals surface area contributed by atoms with Gasteiger partial charge in [0.05, 0.1) is 0 Å². The molecule has 0 amide bonds. The zero-order chi connectivity index (χ0) is 10.5. The van der Waals surface area contributed by atoms with E-state index < -0.39 is 0 Å². The lowest BCUT2D eigenvalue weighted by atomic mass is 10.1. The van der Waals surface area contributed by atoms with E-state index in [2.05, 4.69) is 24.3 Å². The molecule has 0 aromatic heterocycles. The minimum Gasteiger partial charge on any atom is -0.428 e. The molecule has 0 aliphatic carbocycles. The van der Waals surface area contributed by atoms with Crippen LogP contribution in [0.25, 0.3) is 0 Å². The van der Waals surface area contributed by atoms with Gasteiger partial charge in [-0.15, -0.1) is 0 Å². The quantitative estimate of drug-likeness (QED) is 0.324. The van der Waals surface area contributed by atoms with Gasteiger partial charge in [-0.3, -0.25) is 0 Å². The molecule has 0 aliphatic heterocycles. The highest BCUT2D eigenvalue weighted by atomic mass is 28.2. The molecule has 0 unspecified atom stereocenters. The molecule has 82 valence electrons. The second-order valence-electron chi connectivity index (χ2n) is 3.50. The number of rotatable bonds is 9. The summed E-state index contributed by atoms with van der Waals surface area (Å²) < 4.78 is 5.13. The summed E-state index contributed by atoms with van der Waals surface area (Å²) in [7, 11) is 0.894. The van der Waals surface area contributed by atoms with E-state index in [0.717, 1.165) is 17.1 Å². The Morgan fingerprint density at radius 2 is 1.71 bits per heavy atom. The summed E-state index contributed by atoms with van der Waals surface area (Å²) in [5, 5.41) is 0. The zero-order valence-electron chi connectivity index (χ0n) is 9.67. The Morgan fingerprint density at radius 1 is 1.00 bits per heavy atom. The van der Waals surface area contributed by atoms with Crippen LogP contribution in [0.2, 0.25) is 0 Å². The Kier molecular flexibility index (Phi) is 12.3. The van der Waals surface area contributed by atoms with Crippen molar-refractivity contribution >= 4 is 10.5 Å². The Labute approximate surface area is 91.8 Å². The summed E-state index contributed by atoms with van der Waals surface area (Å²) in [6, 6.07) is 0. The Bertz CT molecular complexity index is 152. The minimum absolute atomic E-state index is 0.894. The SMILES string of the molecule is CC=CC=CCCCCCCCO[SiH3]. The fourth-order valence-electron chi connectivity index (χ4n) is 1.32. The predicted molar refractivity (Wildman–Crippen MR) is 67.5 cm³/mol. The lowest BCUT2D eigenvalue weighted by molar-refractivity contribution is 0.333. The van der Waals surface area contributed by atoms with Gasteiger partial charge in [-0.2, -0.15) is 0 Å². The lowest BCUT2D eigenvalue weighted by Crippen LogP contribution is -1.89. The van der Waals surface area contributed by atoms with Crippen LogP contribution in [0, 0.1) is 0 Å². The van der Waals surface area contributed by atoms with E-state index in [1.165, 1.54) is 38.5 Å². The molecule has 0 saturated carbocycles. The second-order valence-corrected chi connectivity index (χ2v) is 4.08. The van der Waals surface area contributed by atoms with Gasteiger partial charge in [0.25, 0.3) is 0 Å². The first-order valence-electron chi connectivity index (χ1n) is 5.68. The van der Waals surface area contributed by atoms with Crippen molar-refractivity contribution in [2.45, 2.75) is 45.4 Å². The highest BCUT2D eigenvalue weighted by Crippen LogP contribution is 2.05.